The van der Waals surface area contributed by atoms with Crippen LogP contribution in [0.2, 0.25) is 0 Å². The van der Waals surface area contributed by atoms with E-state index in [-0.39, 0.29) is 0 Å². The summed E-state index contributed by atoms with van der Waals surface area (Å²) < 4.78 is 5.39. The molecule has 1 saturated heterocycles. The molecule has 0 bridgehead atoms. The number of likely N-dealkylation sites (tertiary alicyclic amines) is 1. The second kappa shape index (κ2) is 5.72. The Morgan fingerprint density at radius 3 is 2.78 bits per heavy atom. The molecule has 1 aromatic carbocycles. The minimum atomic E-state index is 0.509. The monoisotopic (exact) mass is 248 g/mol. The van der Waals surface area contributed by atoms with Crippen LogP contribution in [-0.4, -0.2) is 32.1 Å². The maximum atomic E-state index is 5.79. The van der Waals surface area contributed by atoms with E-state index in [9.17, 15) is 0 Å². The lowest BCUT2D eigenvalue weighted by Crippen LogP contribution is -2.20. The summed E-state index contributed by atoms with van der Waals surface area (Å²) in [6.45, 7) is 4.06. The predicted octanol–water partition coefficient (Wildman–Crippen LogP) is 2.21. The van der Waals surface area contributed by atoms with E-state index in [2.05, 4.69) is 37.1 Å². The molecule has 2 N–H and O–H groups in total. The molecule has 3 heteroatoms. The van der Waals surface area contributed by atoms with Gasteiger partial charge in [0.1, 0.15) is 5.75 Å². The van der Waals surface area contributed by atoms with Crippen molar-refractivity contribution in [3.63, 3.8) is 0 Å². The Hall–Kier alpha value is -1.06. The molecule has 1 aliphatic heterocycles. The van der Waals surface area contributed by atoms with Crippen molar-refractivity contribution < 1.29 is 4.74 Å². The summed E-state index contributed by atoms with van der Waals surface area (Å²) >= 11 is 0. The van der Waals surface area contributed by atoms with Gasteiger partial charge in [-0.3, -0.25) is 4.90 Å². The summed E-state index contributed by atoms with van der Waals surface area (Å²) in [5.41, 5.74) is 8.48. The van der Waals surface area contributed by atoms with Crippen LogP contribution in [0.5, 0.6) is 5.75 Å². The van der Waals surface area contributed by atoms with Gasteiger partial charge in [0.15, 0.2) is 0 Å². The standard InChI is InChI=1S/C15H24N2O/c1-4-12-8-13(5-6-15(12)18-3)14-7-11(9-16)10-17(14)2/h5-6,8,11,14H,4,7,9-10,16H2,1-3H3. The zero-order valence-electron chi connectivity index (χ0n) is 11.6. The Kier molecular flexibility index (Phi) is 4.25. The van der Waals surface area contributed by atoms with Crippen LogP contribution in [0.1, 0.15) is 30.5 Å². The topological polar surface area (TPSA) is 38.5 Å². The molecule has 1 heterocycles. The van der Waals surface area contributed by atoms with Crippen LogP contribution in [0.15, 0.2) is 18.2 Å². The highest BCUT2D eigenvalue weighted by atomic mass is 16.5. The zero-order valence-corrected chi connectivity index (χ0v) is 11.6. The molecule has 2 rings (SSSR count). The third kappa shape index (κ3) is 2.52. The van der Waals surface area contributed by atoms with Crippen LogP contribution < -0.4 is 10.5 Å². The van der Waals surface area contributed by atoms with Crippen molar-refractivity contribution in [2.75, 3.05) is 27.2 Å². The third-order valence-corrected chi connectivity index (χ3v) is 4.04. The lowest BCUT2D eigenvalue weighted by atomic mass is 9.97. The van der Waals surface area contributed by atoms with E-state index in [0.29, 0.717) is 12.0 Å². The molecule has 100 valence electrons. The Bertz CT molecular complexity index is 405. The summed E-state index contributed by atoms with van der Waals surface area (Å²) in [7, 11) is 3.93. The Morgan fingerprint density at radius 1 is 1.44 bits per heavy atom. The Morgan fingerprint density at radius 2 is 2.22 bits per heavy atom. The van der Waals surface area contributed by atoms with Crippen molar-refractivity contribution in [1.82, 2.24) is 4.90 Å². The molecule has 1 fully saturated rings. The molecule has 0 spiro atoms. The predicted molar refractivity (Wildman–Crippen MR) is 74.9 cm³/mol. The molecule has 0 radical (unpaired) electrons. The summed E-state index contributed by atoms with van der Waals surface area (Å²) in [4.78, 5) is 2.42. The van der Waals surface area contributed by atoms with Gasteiger partial charge in [-0.25, -0.2) is 0 Å². The van der Waals surface area contributed by atoms with E-state index in [4.69, 9.17) is 10.5 Å². The third-order valence-electron chi connectivity index (χ3n) is 4.04. The van der Waals surface area contributed by atoms with Crippen LogP contribution >= 0.6 is 0 Å². The number of aryl methyl sites for hydroxylation is 1. The van der Waals surface area contributed by atoms with Gasteiger partial charge < -0.3 is 10.5 Å². The molecule has 3 nitrogen and oxygen atoms in total. The summed E-state index contributed by atoms with van der Waals surface area (Å²) in [6, 6.07) is 7.09. The fourth-order valence-corrected chi connectivity index (χ4v) is 2.95. The van der Waals surface area contributed by atoms with Crippen molar-refractivity contribution in [1.29, 1.82) is 0 Å². The van der Waals surface area contributed by atoms with Crippen molar-refractivity contribution in [3.05, 3.63) is 29.3 Å². The first-order valence-electron chi connectivity index (χ1n) is 6.76. The van der Waals surface area contributed by atoms with E-state index in [0.717, 1.165) is 25.3 Å². The van der Waals surface area contributed by atoms with E-state index >= 15 is 0 Å². The number of benzene rings is 1. The van der Waals surface area contributed by atoms with Crippen molar-refractivity contribution in [2.24, 2.45) is 11.7 Å². The van der Waals surface area contributed by atoms with Crippen LogP contribution in [0.25, 0.3) is 0 Å². The van der Waals surface area contributed by atoms with Gasteiger partial charge in [0.25, 0.3) is 0 Å². The molecule has 2 unspecified atom stereocenters. The minimum absolute atomic E-state index is 0.509. The molecule has 1 aromatic rings. The highest BCUT2D eigenvalue weighted by Gasteiger charge is 2.29. The van der Waals surface area contributed by atoms with Gasteiger partial charge in [-0.15, -0.1) is 0 Å². The van der Waals surface area contributed by atoms with E-state index in [1.54, 1.807) is 7.11 Å². The SMILES string of the molecule is CCc1cc(C2CC(CN)CN2C)ccc1OC. The van der Waals surface area contributed by atoms with Gasteiger partial charge in [0.2, 0.25) is 0 Å². The molecule has 18 heavy (non-hydrogen) atoms. The number of hydrogen-bond donors (Lipinski definition) is 1. The van der Waals surface area contributed by atoms with Gasteiger partial charge in [-0.1, -0.05) is 19.1 Å². The second-order valence-electron chi connectivity index (χ2n) is 5.22. The fraction of sp³-hybridized carbons (Fsp3) is 0.600. The van der Waals surface area contributed by atoms with Gasteiger partial charge in [0, 0.05) is 12.6 Å². The first-order chi connectivity index (χ1) is 8.69. The average Bonchev–Trinajstić information content (AvgIpc) is 2.79. The summed E-state index contributed by atoms with van der Waals surface area (Å²) in [5.74, 6) is 1.63. The van der Waals surface area contributed by atoms with Gasteiger partial charge >= 0.3 is 0 Å². The zero-order chi connectivity index (χ0) is 13.1. The molecule has 1 aliphatic rings. The van der Waals surface area contributed by atoms with Crippen molar-refractivity contribution in [3.8, 4) is 5.75 Å². The average molecular weight is 248 g/mol. The van der Waals surface area contributed by atoms with Crippen LogP contribution in [0.3, 0.4) is 0 Å². The molecule has 0 saturated carbocycles. The maximum Gasteiger partial charge on any atom is 0.122 e. The van der Waals surface area contributed by atoms with E-state index in [1.165, 1.54) is 17.5 Å². The highest BCUT2D eigenvalue weighted by molar-refractivity contribution is 5.38. The highest BCUT2D eigenvalue weighted by Crippen LogP contribution is 2.35. The number of hydrogen-bond acceptors (Lipinski definition) is 3. The van der Waals surface area contributed by atoms with Crippen LogP contribution in [0, 0.1) is 5.92 Å². The summed E-state index contributed by atoms with van der Waals surface area (Å²) in [5, 5.41) is 0. The molecule has 0 amide bonds. The van der Waals surface area contributed by atoms with Crippen LogP contribution in [-0.2, 0) is 6.42 Å². The number of ether oxygens (including phenoxy) is 1. The fourth-order valence-electron chi connectivity index (χ4n) is 2.95. The lowest BCUT2D eigenvalue weighted by molar-refractivity contribution is 0.313. The Balaban J connectivity index is 2.23. The Labute approximate surface area is 110 Å². The number of nitrogens with two attached hydrogens (primary N) is 1. The number of methoxy groups -OCH3 is 1. The summed E-state index contributed by atoms with van der Waals surface area (Å²) in [6.07, 6.45) is 2.18. The number of rotatable bonds is 4. The maximum absolute atomic E-state index is 5.79. The van der Waals surface area contributed by atoms with Gasteiger partial charge in [-0.05, 0) is 49.5 Å². The van der Waals surface area contributed by atoms with E-state index in [1.807, 2.05) is 0 Å². The number of nitrogens with zero attached hydrogens (tertiary/aromatic N) is 1. The molecular formula is C15H24N2O. The second-order valence-corrected chi connectivity index (χ2v) is 5.22. The smallest absolute Gasteiger partial charge is 0.122 e. The van der Waals surface area contributed by atoms with Gasteiger partial charge in [0.05, 0.1) is 7.11 Å². The van der Waals surface area contributed by atoms with Gasteiger partial charge in [-0.2, -0.15) is 0 Å². The van der Waals surface area contributed by atoms with Crippen LogP contribution in [0.4, 0.5) is 0 Å². The lowest BCUT2D eigenvalue weighted by Gasteiger charge is -2.21. The first kappa shape index (κ1) is 13.4. The normalized spacial score (nSPS) is 24.4. The molecule has 0 aromatic heterocycles. The molecule has 0 aliphatic carbocycles. The van der Waals surface area contributed by atoms with Crippen molar-refractivity contribution in [2.45, 2.75) is 25.8 Å². The molecular weight excluding hydrogens is 224 g/mol. The largest absolute Gasteiger partial charge is 0.496 e. The van der Waals surface area contributed by atoms with Crippen molar-refractivity contribution >= 4 is 0 Å². The quantitative estimate of drug-likeness (QED) is 0.888. The first-order valence-corrected chi connectivity index (χ1v) is 6.76. The minimum Gasteiger partial charge on any atom is -0.496 e. The van der Waals surface area contributed by atoms with E-state index < -0.39 is 0 Å². The molecule has 2 atom stereocenters.